The van der Waals surface area contributed by atoms with Crippen LogP contribution in [-0.2, 0) is 25.7 Å². The molecule has 3 aliphatic carbocycles. The molecule has 2 aromatic rings. The molecule has 1 N–H and O–H groups in total. The number of benzene rings is 2. The molecule has 9 nitrogen and oxygen atoms in total. The summed E-state index contributed by atoms with van der Waals surface area (Å²) in [7, 11) is 2.93. The van der Waals surface area contributed by atoms with E-state index < -0.39 is 23.7 Å². The van der Waals surface area contributed by atoms with Crippen molar-refractivity contribution in [1.29, 1.82) is 0 Å². The number of phenolic OH excluding ortho intramolecular Hbond substituents is 1. The lowest BCUT2D eigenvalue weighted by molar-refractivity contribution is -0.144. The molecule has 2 saturated heterocycles. The standard InChI is InChI=1S/C36H35BrN2O7/c1-45-28-14-21(40)15-29(46-2)33(28)32-22-8-9-23-30(24(22)16-25-31(32)27(41)17-26(37)34(25)42)36(44)39(35(23)43)20-10-12-38(13-11-20)18-19-6-4-3-5-7-19/h3-8,14-15,17,20,23-24,30,32,40H,9-13,16,18H2,1-2H3/t23-,24+,30-,32-/m0/s1. The van der Waals surface area contributed by atoms with Gasteiger partial charge in [0, 0.05) is 66.5 Å². The van der Waals surface area contributed by atoms with Crippen molar-refractivity contribution in [3.63, 3.8) is 0 Å². The summed E-state index contributed by atoms with van der Waals surface area (Å²) < 4.78 is 11.5. The summed E-state index contributed by atoms with van der Waals surface area (Å²) in [6, 6.07) is 13.0. The van der Waals surface area contributed by atoms with Crippen molar-refractivity contribution < 1.29 is 33.8 Å². The number of carbonyl (C=O) groups excluding carboxylic acids is 4. The van der Waals surface area contributed by atoms with Crippen molar-refractivity contribution in [2.24, 2.45) is 17.8 Å². The van der Waals surface area contributed by atoms with Gasteiger partial charge in [0.15, 0.2) is 11.6 Å². The number of Topliss-reactive ketones (excluding diaryl/α,β-unsaturated/α-hetero) is 1. The highest BCUT2D eigenvalue weighted by Crippen LogP contribution is 2.58. The van der Waals surface area contributed by atoms with Crippen molar-refractivity contribution in [3.05, 3.63) is 86.9 Å². The normalized spacial score (nSPS) is 26.8. The molecule has 2 aromatic carbocycles. The first kappa shape index (κ1) is 30.6. The van der Waals surface area contributed by atoms with Crippen molar-refractivity contribution in [1.82, 2.24) is 9.80 Å². The van der Waals surface area contributed by atoms with Crippen LogP contribution in [0.15, 0.2) is 75.8 Å². The molecule has 0 spiro atoms. The lowest BCUT2D eigenvalue weighted by atomic mass is 9.59. The Labute approximate surface area is 275 Å². The highest BCUT2D eigenvalue weighted by molar-refractivity contribution is 9.12. The van der Waals surface area contributed by atoms with Gasteiger partial charge in [-0.05, 0) is 53.1 Å². The molecule has 5 aliphatic rings. The van der Waals surface area contributed by atoms with Gasteiger partial charge in [-0.2, -0.15) is 0 Å². The Balaban J connectivity index is 1.23. The molecule has 2 amide bonds. The molecule has 0 aromatic heterocycles. The van der Waals surface area contributed by atoms with Gasteiger partial charge in [0.1, 0.15) is 17.2 Å². The summed E-state index contributed by atoms with van der Waals surface area (Å²) in [5.41, 5.74) is 3.18. The predicted molar refractivity (Wildman–Crippen MR) is 172 cm³/mol. The van der Waals surface area contributed by atoms with E-state index in [9.17, 15) is 24.3 Å². The first-order valence-electron chi connectivity index (χ1n) is 15.7. The first-order valence-corrected chi connectivity index (χ1v) is 16.5. The van der Waals surface area contributed by atoms with Gasteiger partial charge in [0.25, 0.3) is 0 Å². The predicted octanol–water partition coefficient (Wildman–Crippen LogP) is 4.84. The van der Waals surface area contributed by atoms with E-state index >= 15 is 0 Å². The van der Waals surface area contributed by atoms with Crippen LogP contribution in [0.25, 0.3) is 0 Å². The topological polar surface area (TPSA) is 113 Å². The second-order valence-corrected chi connectivity index (χ2v) is 13.6. The van der Waals surface area contributed by atoms with Crippen LogP contribution in [0.2, 0.25) is 0 Å². The summed E-state index contributed by atoms with van der Waals surface area (Å²) in [4.78, 5) is 59.5. The zero-order chi connectivity index (χ0) is 32.3. The van der Waals surface area contributed by atoms with E-state index in [4.69, 9.17) is 9.47 Å². The number of methoxy groups -OCH3 is 2. The molecule has 2 aliphatic heterocycles. The van der Waals surface area contributed by atoms with E-state index in [-0.39, 0.29) is 46.1 Å². The summed E-state index contributed by atoms with van der Waals surface area (Å²) in [6.07, 6.45) is 5.22. The largest absolute Gasteiger partial charge is 0.508 e. The Morgan fingerprint density at radius 3 is 2.26 bits per heavy atom. The molecule has 2 heterocycles. The second kappa shape index (κ2) is 12.0. The summed E-state index contributed by atoms with van der Waals surface area (Å²) >= 11 is 3.28. The van der Waals surface area contributed by atoms with Crippen molar-refractivity contribution in [2.75, 3.05) is 27.3 Å². The highest BCUT2D eigenvalue weighted by Gasteiger charge is 2.58. The van der Waals surface area contributed by atoms with Gasteiger partial charge in [-0.1, -0.05) is 42.0 Å². The van der Waals surface area contributed by atoms with E-state index in [1.54, 1.807) is 0 Å². The second-order valence-electron chi connectivity index (χ2n) is 12.7. The molecular formula is C36H35BrN2O7. The van der Waals surface area contributed by atoms with Crippen LogP contribution in [0.1, 0.15) is 42.7 Å². The fourth-order valence-electron chi connectivity index (χ4n) is 8.31. The molecule has 0 unspecified atom stereocenters. The van der Waals surface area contributed by atoms with Gasteiger partial charge in [0.2, 0.25) is 11.8 Å². The summed E-state index contributed by atoms with van der Waals surface area (Å²) in [6.45, 7) is 2.40. The smallest absolute Gasteiger partial charge is 0.233 e. The number of ketones is 2. The lowest BCUT2D eigenvalue weighted by Crippen LogP contribution is -2.47. The Kier molecular flexibility index (Phi) is 7.97. The van der Waals surface area contributed by atoms with E-state index in [1.165, 1.54) is 42.9 Å². The number of nitrogens with zero attached hydrogens (tertiary/aromatic N) is 2. The fraction of sp³-hybridized carbons (Fsp3) is 0.389. The minimum atomic E-state index is -0.758. The number of hydrogen-bond donors (Lipinski definition) is 1. The Bertz CT molecular complexity index is 1710. The fourth-order valence-corrected chi connectivity index (χ4v) is 8.76. The quantitative estimate of drug-likeness (QED) is 0.261. The molecule has 10 heteroatoms. The molecule has 0 bridgehead atoms. The maximum atomic E-state index is 14.4. The number of piperidine rings is 1. The molecule has 0 radical (unpaired) electrons. The van der Waals surface area contributed by atoms with Crippen molar-refractivity contribution in [3.8, 4) is 17.2 Å². The van der Waals surface area contributed by atoms with Crippen LogP contribution in [0.5, 0.6) is 17.2 Å². The Hall–Kier alpha value is -4.02. The zero-order valence-electron chi connectivity index (χ0n) is 25.7. The third kappa shape index (κ3) is 4.93. The number of allylic oxidation sites excluding steroid dienone is 6. The number of amides is 2. The van der Waals surface area contributed by atoms with E-state index in [1.807, 2.05) is 24.3 Å². The number of carbonyl (C=O) groups is 4. The monoisotopic (exact) mass is 686 g/mol. The van der Waals surface area contributed by atoms with E-state index in [2.05, 4.69) is 33.0 Å². The first-order chi connectivity index (χ1) is 22.2. The van der Waals surface area contributed by atoms with Gasteiger partial charge >= 0.3 is 0 Å². The number of rotatable bonds is 6. The number of hydrogen-bond acceptors (Lipinski definition) is 8. The molecule has 4 atom stereocenters. The van der Waals surface area contributed by atoms with Gasteiger partial charge in [-0.15, -0.1) is 0 Å². The molecule has 46 heavy (non-hydrogen) atoms. The number of phenols is 1. The number of aromatic hydroxyl groups is 1. The minimum absolute atomic E-state index is 0.0765. The maximum Gasteiger partial charge on any atom is 0.233 e. The minimum Gasteiger partial charge on any atom is -0.508 e. The van der Waals surface area contributed by atoms with Crippen LogP contribution in [0.3, 0.4) is 0 Å². The van der Waals surface area contributed by atoms with Crippen LogP contribution in [0, 0.1) is 17.8 Å². The number of likely N-dealkylation sites (tertiary alicyclic amines) is 2. The van der Waals surface area contributed by atoms with Gasteiger partial charge in [-0.3, -0.25) is 29.0 Å². The summed E-state index contributed by atoms with van der Waals surface area (Å²) in [5, 5.41) is 10.4. The van der Waals surface area contributed by atoms with Crippen molar-refractivity contribution >= 4 is 39.3 Å². The highest BCUT2D eigenvalue weighted by atomic mass is 79.9. The Morgan fingerprint density at radius 2 is 1.61 bits per heavy atom. The molecule has 7 rings (SSSR count). The number of ether oxygens (including phenoxy) is 2. The average Bonchev–Trinajstić information content (AvgIpc) is 3.32. The summed E-state index contributed by atoms with van der Waals surface area (Å²) in [5.74, 6) is -2.84. The average molecular weight is 688 g/mol. The van der Waals surface area contributed by atoms with E-state index in [0.29, 0.717) is 47.5 Å². The third-order valence-corrected chi connectivity index (χ3v) is 10.9. The SMILES string of the molecule is COc1cc(O)cc(OC)c1[C@H]1C2=CC[C@@H]3C(=O)N(C4CCN(Cc5ccccc5)CC4)C(=O)[C@@H]3[C@@H]2CC2=C1C(=O)C=C(Br)C2=O. The molecule has 0 saturated carbocycles. The number of imide groups is 1. The van der Waals surface area contributed by atoms with Gasteiger partial charge < -0.3 is 14.6 Å². The maximum absolute atomic E-state index is 14.4. The van der Waals surface area contributed by atoms with Crippen molar-refractivity contribution in [2.45, 2.75) is 44.2 Å². The van der Waals surface area contributed by atoms with Crippen LogP contribution < -0.4 is 9.47 Å². The third-order valence-electron chi connectivity index (χ3n) is 10.4. The van der Waals surface area contributed by atoms with Crippen LogP contribution >= 0.6 is 15.9 Å². The number of halogens is 1. The van der Waals surface area contributed by atoms with Gasteiger partial charge in [-0.25, -0.2) is 0 Å². The molecule has 2 fully saturated rings. The molecular weight excluding hydrogens is 652 g/mol. The zero-order valence-corrected chi connectivity index (χ0v) is 27.3. The van der Waals surface area contributed by atoms with Crippen LogP contribution in [0.4, 0.5) is 0 Å². The van der Waals surface area contributed by atoms with Crippen LogP contribution in [-0.4, -0.2) is 71.6 Å². The molecule has 238 valence electrons. The number of fused-ring (bicyclic) bond motifs is 3. The Morgan fingerprint density at radius 1 is 0.935 bits per heavy atom. The lowest BCUT2D eigenvalue weighted by Gasteiger charge is -2.42. The van der Waals surface area contributed by atoms with E-state index in [0.717, 1.165) is 25.2 Å². The van der Waals surface area contributed by atoms with Gasteiger partial charge in [0.05, 0.1) is 30.5 Å².